The molecule has 0 radical (unpaired) electrons. The van der Waals surface area contributed by atoms with Gasteiger partial charge in [0.2, 0.25) is 0 Å². The van der Waals surface area contributed by atoms with E-state index in [4.69, 9.17) is 11.6 Å². The Balaban J connectivity index is 1.87. The minimum Gasteiger partial charge on any atom is -0.298 e. The van der Waals surface area contributed by atoms with Crippen molar-refractivity contribution in [3.63, 3.8) is 0 Å². The number of ketones is 1. The third-order valence-corrected chi connectivity index (χ3v) is 5.25. The van der Waals surface area contributed by atoms with Crippen molar-refractivity contribution in [1.82, 2.24) is 4.98 Å². The van der Waals surface area contributed by atoms with E-state index in [9.17, 15) is 19.7 Å². The molecule has 1 aromatic heterocycles. The number of nitro benzene ring substituents is 1. The van der Waals surface area contributed by atoms with Gasteiger partial charge in [-0.25, -0.2) is 4.98 Å². The molecular weight excluding hydrogens is 366 g/mol. The molecule has 2 aromatic rings. The largest absolute Gasteiger partial charge is 0.298 e. The van der Waals surface area contributed by atoms with Gasteiger partial charge >= 0.3 is 0 Å². The summed E-state index contributed by atoms with van der Waals surface area (Å²) >= 11 is 7.08. The molecule has 9 heteroatoms. The van der Waals surface area contributed by atoms with Gasteiger partial charge in [0.25, 0.3) is 11.6 Å². The van der Waals surface area contributed by atoms with Crippen molar-refractivity contribution in [2.45, 2.75) is 26.7 Å². The van der Waals surface area contributed by atoms with Crippen LogP contribution < -0.4 is 5.32 Å². The third-order valence-electron chi connectivity index (χ3n) is 3.86. The van der Waals surface area contributed by atoms with Gasteiger partial charge in [-0.15, -0.1) is 0 Å². The van der Waals surface area contributed by atoms with Crippen LogP contribution in [0.1, 0.15) is 46.0 Å². The summed E-state index contributed by atoms with van der Waals surface area (Å²) in [4.78, 5) is 39.8. The number of halogens is 1. The lowest BCUT2D eigenvalue weighted by atomic mass is 9.78. The lowest BCUT2D eigenvalue weighted by molar-refractivity contribution is -0.384. The first-order chi connectivity index (χ1) is 11.7. The second-order valence-corrected chi connectivity index (χ2v) is 8.02. The highest BCUT2D eigenvalue weighted by atomic mass is 35.5. The van der Waals surface area contributed by atoms with E-state index in [1.807, 2.05) is 13.8 Å². The Morgan fingerprint density at radius 1 is 1.40 bits per heavy atom. The first kappa shape index (κ1) is 17.5. The van der Waals surface area contributed by atoms with Crippen LogP contribution in [-0.4, -0.2) is 21.6 Å². The van der Waals surface area contributed by atoms with Crippen LogP contribution in [-0.2, 0) is 6.42 Å². The number of non-ortho nitro benzene ring substituents is 1. The van der Waals surface area contributed by atoms with E-state index in [1.54, 1.807) is 0 Å². The topological polar surface area (TPSA) is 102 Å². The van der Waals surface area contributed by atoms with E-state index >= 15 is 0 Å². The summed E-state index contributed by atoms with van der Waals surface area (Å²) in [7, 11) is 0. The number of hydrogen-bond donors (Lipinski definition) is 1. The van der Waals surface area contributed by atoms with Gasteiger partial charge in [-0.3, -0.25) is 25.0 Å². The molecule has 25 heavy (non-hydrogen) atoms. The average molecular weight is 380 g/mol. The normalized spacial score (nSPS) is 15.6. The SMILES string of the molecule is CC1(C)CC(=O)c2sc(NC(=O)c3cc([N+](=O)[O-])ccc3Cl)nc2C1. The first-order valence-electron chi connectivity index (χ1n) is 7.44. The quantitative estimate of drug-likeness (QED) is 0.638. The van der Waals surface area contributed by atoms with Crippen LogP contribution in [0.2, 0.25) is 5.02 Å². The van der Waals surface area contributed by atoms with Gasteiger partial charge in [-0.1, -0.05) is 36.8 Å². The molecule has 0 saturated heterocycles. The summed E-state index contributed by atoms with van der Waals surface area (Å²) in [6.45, 7) is 3.99. The molecule has 1 aromatic carbocycles. The fraction of sp³-hybridized carbons (Fsp3) is 0.312. The van der Waals surface area contributed by atoms with Crippen LogP contribution in [0.25, 0.3) is 0 Å². The molecule has 0 saturated carbocycles. The van der Waals surface area contributed by atoms with Crippen molar-refractivity contribution in [2.24, 2.45) is 5.41 Å². The molecule has 0 spiro atoms. The Labute approximate surface area is 152 Å². The van der Waals surface area contributed by atoms with Gasteiger partial charge in [-0.2, -0.15) is 0 Å². The van der Waals surface area contributed by atoms with Gasteiger partial charge in [0.1, 0.15) is 0 Å². The smallest absolute Gasteiger partial charge is 0.270 e. The average Bonchev–Trinajstić information content (AvgIpc) is 2.88. The fourth-order valence-electron chi connectivity index (χ4n) is 2.74. The molecular formula is C16H14ClN3O4S. The Hall–Kier alpha value is -2.32. The Morgan fingerprint density at radius 2 is 2.12 bits per heavy atom. The molecule has 0 atom stereocenters. The number of carbonyl (C=O) groups excluding carboxylic acids is 2. The summed E-state index contributed by atoms with van der Waals surface area (Å²) in [6.07, 6.45) is 1.09. The number of aromatic nitrogens is 1. The predicted octanol–water partition coefficient (Wildman–Crippen LogP) is 4.11. The summed E-state index contributed by atoms with van der Waals surface area (Å²) in [6, 6.07) is 3.63. The molecule has 0 bridgehead atoms. The minimum absolute atomic E-state index is 0.0117. The third kappa shape index (κ3) is 3.54. The van der Waals surface area contributed by atoms with Crippen LogP contribution >= 0.6 is 22.9 Å². The molecule has 0 aliphatic heterocycles. The Bertz CT molecular complexity index is 907. The summed E-state index contributed by atoms with van der Waals surface area (Å²) in [5, 5.41) is 13.8. The van der Waals surface area contributed by atoms with Crippen LogP contribution in [0.5, 0.6) is 0 Å². The van der Waals surface area contributed by atoms with E-state index in [0.29, 0.717) is 23.4 Å². The van der Waals surface area contributed by atoms with Crippen molar-refractivity contribution >= 4 is 45.4 Å². The number of nitrogens with zero attached hydrogens (tertiary/aromatic N) is 2. The number of rotatable bonds is 3. The minimum atomic E-state index is -0.605. The van der Waals surface area contributed by atoms with Crippen molar-refractivity contribution in [1.29, 1.82) is 0 Å². The van der Waals surface area contributed by atoms with Crippen molar-refractivity contribution in [2.75, 3.05) is 5.32 Å². The molecule has 0 fully saturated rings. The Morgan fingerprint density at radius 3 is 2.80 bits per heavy atom. The van der Waals surface area contributed by atoms with Gasteiger partial charge in [0, 0.05) is 18.6 Å². The predicted molar refractivity (Wildman–Crippen MR) is 94.6 cm³/mol. The number of fused-ring (bicyclic) bond motifs is 1. The van der Waals surface area contributed by atoms with E-state index in [2.05, 4.69) is 10.3 Å². The number of nitro groups is 1. The molecule has 1 aliphatic carbocycles. The lowest BCUT2D eigenvalue weighted by Crippen LogP contribution is -2.26. The Kier molecular flexibility index (Phi) is 4.34. The van der Waals surface area contributed by atoms with E-state index < -0.39 is 10.8 Å². The highest BCUT2D eigenvalue weighted by molar-refractivity contribution is 7.17. The van der Waals surface area contributed by atoms with Gasteiger partial charge in [0.05, 0.1) is 26.1 Å². The number of benzene rings is 1. The highest BCUT2D eigenvalue weighted by Gasteiger charge is 2.34. The molecule has 7 nitrogen and oxygen atoms in total. The maximum absolute atomic E-state index is 12.4. The maximum atomic E-state index is 12.4. The van der Waals surface area contributed by atoms with Gasteiger partial charge in [0.15, 0.2) is 10.9 Å². The van der Waals surface area contributed by atoms with Crippen LogP contribution in [0.4, 0.5) is 10.8 Å². The van der Waals surface area contributed by atoms with Crippen LogP contribution in [0.3, 0.4) is 0 Å². The first-order valence-corrected chi connectivity index (χ1v) is 8.64. The second-order valence-electron chi connectivity index (χ2n) is 6.61. The molecule has 3 rings (SSSR count). The number of anilines is 1. The van der Waals surface area contributed by atoms with Crippen molar-refractivity contribution in [3.05, 3.63) is 49.5 Å². The van der Waals surface area contributed by atoms with Crippen molar-refractivity contribution in [3.8, 4) is 0 Å². The molecule has 1 amide bonds. The molecule has 1 N–H and O–H groups in total. The number of carbonyl (C=O) groups is 2. The monoisotopic (exact) mass is 379 g/mol. The lowest BCUT2D eigenvalue weighted by Gasteiger charge is -2.26. The van der Waals surface area contributed by atoms with E-state index in [0.717, 1.165) is 17.4 Å². The van der Waals surface area contributed by atoms with E-state index in [-0.39, 0.29) is 32.6 Å². The van der Waals surface area contributed by atoms with Crippen molar-refractivity contribution < 1.29 is 14.5 Å². The van der Waals surface area contributed by atoms with Crippen LogP contribution in [0, 0.1) is 15.5 Å². The fourth-order valence-corrected chi connectivity index (χ4v) is 3.86. The second kappa shape index (κ2) is 6.20. The van der Waals surface area contributed by atoms with Crippen LogP contribution in [0.15, 0.2) is 18.2 Å². The molecule has 1 aliphatic rings. The van der Waals surface area contributed by atoms with E-state index in [1.165, 1.54) is 12.1 Å². The molecule has 130 valence electrons. The number of hydrogen-bond acceptors (Lipinski definition) is 6. The number of nitrogens with one attached hydrogen (secondary N) is 1. The summed E-state index contributed by atoms with van der Waals surface area (Å²) < 4.78 is 0. The summed E-state index contributed by atoms with van der Waals surface area (Å²) in [5.74, 6) is -0.593. The van der Waals surface area contributed by atoms with Gasteiger partial charge in [-0.05, 0) is 17.9 Å². The zero-order chi connectivity index (χ0) is 18.4. The highest BCUT2D eigenvalue weighted by Crippen LogP contribution is 2.38. The number of Topliss-reactive ketones (excluding diaryl/α,β-unsaturated/α-hetero) is 1. The maximum Gasteiger partial charge on any atom is 0.270 e. The zero-order valence-corrected chi connectivity index (χ0v) is 15.0. The summed E-state index contributed by atoms with van der Waals surface area (Å²) in [5.41, 5.74) is 0.260. The number of amides is 1. The van der Waals surface area contributed by atoms with Gasteiger partial charge < -0.3 is 0 Å². The standard InChI is InChI=1S/C16H14ClN3O4S/c1-16(2)6-11-13(12(21)7-16)25-15(18-11)19-14(22)9-5-8(20(23)24)3-4-10(9)17/h3-5H,6-7H2,1-2H3,(H,18,19,22). The molecule has 1 heterocycles. The zero-order valence-electron chi connectivity index (χ0n) is 13.5. The molecule has 0 unspecified atom stereocenters. The number of thiazole rings is 1.